The average molecular weight is 1060 g/mol. The van der Waals surface area contributed by atoms with Gasteiger partial charge in [0.1, 0.15) is 0 Å². The molecule has 0 unspecified atom stereocenters. The fourth-order valence-electron chi connectivity index (χ4n) is 12.8. The topological polar surface area (TPSA) is 8.82 Å². The third-order valence-electron chi connectivity index (χ3n) is 16.5. The molecule has 11 aromatic carbocycles. The van der Waals surface area contributed by atoms with Crippen LogP contribution >= 0.6 is 22.7 Å². The summed E-state index contributed by atoms with van der Waals surface area (Å²) in [5.74, 6) is 0. The summed E-state index contributed by atoms with van der Waals surface area (Å²) in [6.07, 6.45) is 0.283. The summed E-state index contributed by atoms with van der Waals surface area (Å²) in [4.78, 5) is 0. The Kier molecular flexibility index (Phi) is 6.98. The van der Waals surface area contributed by atoms with E-state index in [9.17, 15) is 4.11 Å². The van der Waals surface area contributed by atoms with E-state index in [1.54, 1.807) is 40.9 Å². The Hall–Kier alpha value is -8.54. The predicted molar refractivity (Wildman–Crippen MR) is 344 cm³/mol. The van der Waals surface area contributed by atoms with Gasteiger partial charge in [0.25, 0.3) is 0 Å². The van der Waals surface area contributed by atoms with Crippen molar-refractivity contribution in [3.63, 3.8) is 0 Å². The van der Waals surface area contributed by atoms with Crippen molar-refractivity contribution in [1.82, 2.24) is 8.80 Å². The Morgan fingerprint density at radius 1 is 0.367 bits per heavy atom. The van der Waals surface area contributed by atoms with E-state index in [2.05, 4.69) is 160 Å². The van der Waals surface area contributed by atoms with Crippen LogP contribution in [0.25, 0.3) is 150 Å². The smallest absolute Gasteiger partial charge is 0.0635 e. The summed E-state index contributed by atoms with van der Waals surface area (Å²) in [6, 6.07) is 40.6. The molecule has 4 heteroatoms. The van der Waals surface area contributed by atoms with Gasteiger partial charge in [0.15, 0.2) is 0 Å². The van der Waals surface area contributed by atoms with Crippen LogP contribution in [0.2, 0.25) is 0 Å². The minimum absolute atomic E-state index is 0.0555. The number of rotatable bonds is 5. The third-order valence-corrected chi connectivity index (χ3v) is 18.9. The molecule has 0 aliphatic carbocycles. The van der Waals surface area contributed by atoms with Crippen molar-refractivity contribution in [3.8, 4) is 33.4 Å². The number of thiophene rings is 2. The van der Waals surface area contributed by atoms with Gasteiger partial charge in [0.05, 0.1) is 50.9 Å². The fraction of sp³-hybridized carbons (Fsp3) is 0.120. The highest BCUT2D eigenvalue weighted by molar-refractivity contribution is 7.27. The van der Waals surface area contributed by atoms with Crippen LogP contribution in [0.4, 0.5) is 0 Å². The molecule has 0 bridgehead atoms. The summed E-state index contributed by atoms with van der Waals surface area (Å²) in [5.41, 5.74) is 9.86. The lowest BCUT2D eigenvalue weighted by Gasteiger charge is -2.26. The van der Waals surface area contributed by atoms with Crippen LogP contribution in [0.1, 0.15) is 81.6 Å². The third kappa shape index (κ3) is 6.56. The maximum atomic E-state index is 9.83. The van der Waals surface area contributed by atoms with Crippen LogP contribution in [-0.4, -0.2) is 8.80 Å². The number of hydrogen-bond donors (Lipinski definition) is 0. The lowest BCUT2D eigenvalue weighted by molar-refractivity contribution is 0.569. The van der Waals surface area contributed by atoms with Gasteiger partial charge >= 0.3 is 0 Å². The first-order chi connectivity index (χ1) is 43.8. The van der Waals surface area contributed by atoms with Gasteiger partial charge in [-0.05, 0) is 140 Å². The molecule has 0 N–H and O–H groups in total. The van der Waals surface area contributed by atoms with E-state index in [4.69, 9.17) is 13.7 Å². The lowest BCUT2D eigenvalue weighted by atomic mass is 9.79. The number of nitrogens with zero attached hydrogens (tertiary/aromatic N) is 2. The van der Waals surface area contributed by atoms with E-state index in [1.165, 1.54) is 14.8 Å². The molecular weight excluding hydrogens is 993 g/mol. The molecule has 0 radical (unpaired) electrons. The zero-order valence-corrected chi connectivity index (χ0v) is 45.7. The summed E-state index contributed by atoms with van der Waals surface area (Å²) in [5, 5.41) is 13.4. The van der Waals surface area contributed by atoms with Gasteiger partial charge < -0.3 is 8.80 Å². The first kappa shape index (κ1) is 34.4. The molecule has 17 rings (SSSR count). The van der Waals surface area contributed by atoms with Crippen molar-refractivity contribution in [3.05, 3.63) is 228 Å². The minimum Gasteiger partial charge on any atom is -0.308 e. The van der Waals surface area contributed by atoms with Crippen LogP contribution in [0.3, 0.4) is 0 Å². The zero-order valence-electron chi connectivity index (χ0n) is 57.0. The molecule has 0 aliphatic heterocycles. The Labute approximate surface area is 484 Å². The number of fused-ring (bicyclic) bond motifs is 20. The Balaban J connectivity index is 0.929. The van der Waals surface area contributed by atoms with E-state index >= 15 is 0 Å². The summed E-state index contributed by atoms with van der Waals surface area (Å²) >= 11 is 3.56. The number of aromatic nitrogens is 2. The van der Waals surface area contributed by atoms with Crippen LogP contribution < -0.4 is 0 Å². The average Bonchev–Trinajstić information content (AvgIpc) is 1.51. The Morgan fingerprint density at radius 3 is 1.38 bits per heavy atom. The van der Waals surface area contributed by atoms with Gasteiger partial charge in [-0.25, -0.2) is 0 Å². The van der Waals surface area contributed by atoms with Gasteiger partial charge in [-0.1, -0.05) is 181 Å². The molecule has 0 aliphatic rings. The van der Waals surface area contributed by atoms with Crippen LogP contribution in [-0.2, 0) is 17.3 Å². The van der Waals surface area contributed by atoms with Crippen molar-refractivity contribution >= 4 is 139 Å². The summed E-state index contributed by atoms with van der Waals surface area (Å²) in [6.45, 7) is 12.3. The normalized spacial score (nSPS) is 15.3. The quantitative estimate of drug-likeness (QED) is 0.162. The van der Waals surface area contributed by atoms with E-state index < -0.39 is 71.3 Å². The van der Waals surface area contributed by atoms with Crippen LogP contribution in [0, 0.1) is 0 Å². The monoisotopic (exact) mass is 1060 g/mol. The minimum atomic E-state index is -0.536. The highest BCUT2D eigenvalue weighted by Gasteiger charge is 2.28. The van der Waals surface area contributed by atoms with Gasteiger partial charge in [0, 0.05) is 83.4 Å². The Morgan fingerprint density at radius 2 is 0.861 bits per heavy atom. The van der Waals surface area contributed by atoms with E-state index in [0.29, 0.717) is 22.3 Å². The number of hydrogen-bond acceptors (Lipinski definition) is 2. The van der Waals surface area contributed by atoms with Crippen molar-refractivity contribution in [2.24, 2.45) is 0 Å². The zero-order chi connectivity index (χ0) is 64.1. The Bertz CT molecular complexity index is 6040. The maximum absolute atomic E-state index is 9.83. The van der Waals surface area contributed by atoms with Gasteiger partial charge in [0.2, 0.25) is 0 Å². The SMILES string of the molecule is [2H]c1c([2H])c([2H])c(-c2cc(Cc3ccc4c(c3)c3c5sc6ccccc6c5cc5c6cc7c(cc6n4c53)c3cc4c5ccccc5sc4c4c5cc(-c6c([2H])c(C(C)(C)C)c([2H])c(C(C)(C)C)c6[2H])ccc5n7c34)cc(-c3c([2H])c([2H])c([2H])c([2H])c3[2H])c2)c([2H])c1[2H]. The molecule has 17 aromatic rings. The second-order valence-electron chi connectivity index (χ2n) is 23.5. The molecule has 79 heavy (non-hydrogen) atoms. The molecule has 376 valence electrons. The molecule has 0 amide bonds. The van der Waals surface area contributed by atoms with Gasteiger partial charge in [-0.2, -0.15) is 0 Å². The van der Waals surface area contributed by atoms with Crippen molar-refractivity contribution < 1.29 is 17.8 Å². The van der Waals surface area contributed by atoms with Gasteiger partial charge in [-0.15, -0.1) is 22.7 Å². The first-order valence-corrected chi connectivity index (χ1v) is 28.4. The number of benzene rings is 11. The largest absolute Gasteiger partial charge is 0.308 e. The first-order valence-electron chi connectivity index (χ1n) is 33.3. The van der Waals surface area contributed by atoms with Crippen LogP contribution in [0.15, 0.2) is 206 Å². The molecule has 6 aromatic heterocycles. The molecular formula is C75H54N2S2. The summed E-state index contributed by atoms with van der Waals surface area (Å²) in [7, 11) is 0. The van der Waals surface area contributed by atoms with Gasteiger partial charge in [-0.3, -0.25) is 0 Å². The second kappa shape index (κ2) is 16.0. The molecule has 2 nitrogen and oxygen atoms in total. The molecule has 0 saturated carbocycles. The van der Waals surface area contributed by atoms with Crippen molar-refractivity contribution in [2.45, 2.75) is 58.8 Å². The molecule has 0 spiro atoms. The lowest BCUT2D eigenvalue weighted by Crippen LogP contribution is -2.16. The molecule has 6 heterocycles. The molecule has 0 saturated heterocycles. The standard InChI is InChI=1S/C75H54N2S2/c1-74(2,3)50-34-49(35-51(37-50)75(4,5)6)46-26-28-63-61(36-46)69-71-57(39-59-53-22-14-16-24-67(53)79-73(59)69)55-40-64-54(41-65(55)77(63)71)56-38-58-52-21-13-15-23-66(52)78-72(58)68-60-32-42(25-27-62(60)76(64)70(56)68)29-43-30-47(44-17-9-7-10-18-44)33-48(31-43)45-19-11-8-12-20-45/h7-28,30-41H,29H2,1-6H3/i7D,8D,9D,10D,11D,12D,17D,18D,19D,20D,34D,35D,37D. The summed E-state index contributed by atoms with van der Waals surface area (Å²) < 4.78 is 126. The van der Waals surface area contributed by atoms with Crippen LogP contribution in [0.5, 0.6) is 0 Å². The second-order valence-corrected chi connectivity index (χ2v) is 25.6. The fourth-order valence-corrected chi connectivity index (χ4v) is 15.3. The van der Waals surface area contributed by atoms with E-state index in [0.717, 1.165) is 113 Å². The molecule has 0 fully saturated rings. The molecule has 0 atom stereocenters. The van der Waals surface area contributed by atoms with E-state index in [-0.39, 0.29) is 46.8 Å². The highest BCUT2D eigenvalue weighted by atomic mass is 32.1. The van der Waals surface area contributed by atoms with Crippen molar-refractivity contribution in [1.29, 1.82) is 0 Å². The van der Waals surface area contributed by atoms with Crippen molar-refractivity contribution in [2.75, 3.05) is 0 Å². The predicted octanol–water partition coefficient (Wildman–Crippen LogP) is 21.9. The van der Waals surface area contributed by atoms with E-state index in [1.807, 2.05) is 0 Å². The highest BCUT2D eigenvalue weighted by Crippen LogP contribution is 2.52. The maximum Gasteiger partial charge on any atom is 0.0635 e.